The lowest BCUT2D eigenvalue weighted by Crippen LogP contribution is -2.45. The molecule has 0 saturated carbocycles. The van der Waals surface area contributed by atoms with Crippen molar-refractivity contribution in [3.8, 4) is 0 Å². The van der Waals surface area contributed by atoms with Crippen LogP contribution >= 0.6 is 0 Å². The molecule has 3 N–H and O–H groups in total. The molecule has 0 heterocycles. The van der Waals surface area contributed by atoms with E-state index in [1.54, 1.807) is 6.08 Å². The fourth-order valence-corrected chi connectivity index (χ4v) is 9.34. The Hall–Kier alpha value is -1.66. The molecule has 67 heavy (non-hydrogen) atoms. The van der Waals surface area contributed by atoms with Crippen molar-refractivity contribution in [2.24, 2.45) is 0 Å². The molecule has 0 fully saturated rings. The number of aliphatic hydroxyl groups excluding tert-OH is 2. The molecule has 0 aliphatic heterocycles. The van der Waals surface area contributed by atoms with Crippen LogP contribution < -0.4 is 5.32 Å². The van der Waals surface area contributed by atoms with Gasteiger partial charge in [-0.05, 0) is 57.8 Å². The highest BCUT2D eigenvalue weighted by molar-refractivity contribution is 5.76. The van der Waals surface area contributed by atoms with Gasteiger partial charge in [0.15, 0.2) is 0 Å². The molecule has 0 aliphatic carbocycles. The SMILES string of the molecule is CCCCCCCCCCCCCCCC/C=C/C(O)C(CO)NC(=O)CCCCCCCCC/C=C\CCCCCCCCCCOC(=O)CCCCCCCCCCCCCCCCC. The summed E-state index contributed by atoms with van der Waals surface area (Å²) in [6.45, 7) is 4.91. The van der Waals surface area contributed by atoms with E-state index in [0.29, 0.717) is 19.4 Å². The van der Waals surface area contributed by atoms with Gasteiger partial charge >= 0.3 is 5.97 Å². The zero-order valence-corrected chi connectivity index (χ0v) is 45.1. The number of hydrogen-bond acceptors (Lipinski definition) is 5. The van der Waals surface area contributed by atoms with Gasteiger partial charge in [-0.2, -0.15) is 0 Å². The van der Waals surface area contributed by atoms with E-state index in [2.05, 4.69) is 31.3 Å². The van der Waals surface area contributed by atoms with Crippen molar-refractivity contribution in [1.29, 1.82) is 0 Å². The van der Waals surface area contributed by atoms with Gasteiger partial charge in [0.1, 0.15) is 0 Å². The number of carbonyl (C=O) groups excluding carboxylic acids is 2. The predicted molar refractivity (Wildman–Crippen MR) is 292 cm³/mol. The smallest absolute Gasteiger partial charge is 0.305 e. The standard InChI is InChI=1S/C61H117NO5/c1-3-5-7-9-11-13-15-17-19-26-29-33-37-41-45-49-53-59(64)58(57-63)62-60(65)54-50-46-42-38-34-30-27-23-21-20-22-24-28-32-36-40-44-48-52-56-67-61(66)55-51-47-43-39-35-31-25-18-16-14-12-10-8-6-4-2/h20-21,49,53,58-59,63-64H,3-19,22-48,50-52,54-57H2,1-2H3,(H,62,65)/b21-20-,53-49+. The van der Waals surface area contributed by atoms with Crippen molar-refractivity contribution in [2.45, 2.75) is 341 Å². The molecule has 0 rings (SSSR count). The molecule has 0 aliphatic rings. The predicted octanol–water partition coefficient (Wildman–Crippen LogP) is 18.6. The maximum absolute atomic E-state index is 12.5. The van der Waals surface area contributed by atoms with Crippen molar-refractivity contribution in [2.75, 3.05) is 13.2 Å². The average molecular weight is 945 g/mol. The second-order valence-corrected chi connectivity index (χ2v) is 20.7. The number of hydrogen-bond donors (Lipinski definition) is 3. The second-order valence-electron chi connectivity index (χ2n) is 20.7. The van der Waals surface area contributed by atoms with Crippen molar-refractivity contribution in [1.82, 2.24) is 5.32 Å². The molecule has 0 bridgehead atoms. The summed E-state index contributed by atoms with van der Waals surface area (Å²) in [4.78, 5) is 24.5. The lowest BCUT2D eigenvalue weighted by Gasteiger charge is -2.20. The van der Waals surface area contributed by atoms with Crippen LogP contribution in [0.3, 0.4) is 0 Å². The molecule has 0 spiro atoms. The molecule has 0 radical (unpaired) electrons. The van der Waals surface area contributed by atoms with Gasteiger partial charge in [-0.3, -0.25) is 9.59 Å². The Morgan fingerprint density at radius 3 is 1.06 bits per heavy atom. The van der Waals surface area contributed by atoms with Crippen LogP contribution in [0, 0.1) is 0 Å². The molecule has 6 nitrogen and oxygen atoms in total. The van der Waals surface area contributed by atoms with Crippen LogP contribution in [-0.4, -0.2) is 47.4 Å². The van der Waals surface area contributed by atoms with Crippen LogP contribution in [0.5, 0.6) is 0 Å². The first-order valence-electron chi connectivity index (χ1n) is 30.1. The Labute approximate surface area is 418 Å². The monoisotopic (exact) mass is 944 g/mol. The number of carbonyl (C=O) groups is 2. The average Bonchev–Trinajstić information content (AvgIpc) is 3.33. The summed E-state index contributed by atoms with van der Waals surface area (Å²) in [6.07, 6.45) is 69.2. The fourth-order valence-electron chi connectivity index (χ4n) is 9.34. The molecule has 1 amide bonds. The highest BCUT2D eigenvalue weighted by Gasteiger charge is 2.18. The Morgan fingerprint density at radius 1 is 0.403 bits per heavy atom. The largest absolute Gasteiger partial charge is 0.466 e. The minimum absolute atomic E-state index is 0.00634. The van der Waals surface area contributed by atoms with Gasteiger partial charge in [-0.15, -0.1) is 0 Å². The van der Waals surface area contributed by atoms with Crippen LogP contribution in [0.4, 0.5) is 0 Å². The van der Waals surface area contributed by atoms with Gasteiger partial charge in [0.05, 0.1) is 25.4 Å². The zero-order chi connectivity index (χ0) is 48.6. The van der Waals surface area contributed by atoms with Crippen LogP contribution in [0.25, 0.3) is 0 Å². The van der Waals surface area contributed by atoms with Crippen molar-refractivity contribution >= 4 is 11.9 Å². The minimum Gasteiger partial charge on any atom is -0.466 e. The van der Waals surface area contributed by atoms with E-state index in [9.17, 15) is 19.8 Å². The summed E-state index contributed by atoms with van der Waals surface area (Å²) < 4.78 is 5.48. The third-order valence-corrected chi connectivity index (χ3v) is 14.0. The highest BCUT2D eigenvalue weighted by atomic mass is 16.5. The summed E-state index contributed by atoms with van der Waals surface area (Å²) in [6, 6.07) is -0.634. The maximum Gasteiger partial charge on any atom is 0.305 e. The third-order valence-electron chi connectivity index (χ3n) is 14.0. The molecule has 0 aromatic rings. The number of allylic oxidation sites excluding steroid dienone is 3. The lowest BCUT2D eigenvalue weighted by molar-refractivity contribution is -0.143. The van der Waals surface area contributed by atoms with E-state index in [1.165, 1.54) is 250 Å². The zero-order valence-electron chi connectivity index (χ0n) is 45.1. The Balaban J connectivity index is 3.45. The van der Waals surface area contributed by atoms with E-state index < -0.39 is 12.1 Å². The maximum atomic E-state index is 12.5. The summed E-state index contributed by atoms with van der Waals surface area (Å²) in [5, 5.41) is 23.1. The van der Waals surface area contributed by atoms with E-state index in [4.69, 9.17) is 4.74 Å². The minimum atomic E-state index is -0.850. The fraction of sp³-hybridized carbons (Fsp3) is 0.902. The van der Waals surface area contributed by atoms with E-state index >= 15 is 0 Å². The van der Waals surface area contributed by atoms with E-state index in [1.807, 2.05) is 6.08 Å². The number of rotatable bonds is 56. The Morgan fingerprint density at radius 2 is 0.701 bits per heavy atom. The van der Waals surface area contributed by atoms with Crippen LogP contribution in [0.2, 0.25) is 0 Å². The lowest BCUT2D eigenvalue weighted by atomic mass is 10.0. The highest BCUT2D eigenvalue weighted by Crippen LogP contribution is 2.17. The van der Waals surface area contributed by atoms with Gasteiger partial charge in [-0.1, -0.05) is 282 Å². The van der Waals surface area contributed by atoms with Gasteiger partial charge in [0.2, 0.25) is 5.91 Å². The number of amides is 1. The van der Waals surface area contributed by atoms with Crippen LogP contribution in [-0.2, 0) is 14.3 Å². The molecule has 6 heteroatoms. The number of unbranched alkanes of at least 4 members (excludes halogenated alkanes) is 43. The van der Waals surface area contributed by atoms with E-state index in [0.717, 1.165) is 51.4 Å². The van der Waals surface area contributed by atoms with Gasteiger partial charge in [0.25, 0.3) is 0 Å². The first-order chi connectivity index (χ1) is 33.0. The van der Waals surface area contributed by atoms with Crippen LogP contribution in [0.1, 0.15) is 328 Å². The van der Waals surface area contributed by atoms with Crippen LogP contribution in [0.15, 0.2) is 24.3 Å². The Kier molecular flexibility index (Phi) is 55.5. The number of nitrogens with one attached hydrogen (secondary N) is 1. The summed E-state index contributed by atoms with van der Waals surface area (Å²) >= 11 is 0. The van der Waals surface area contributed by atoms with Gasteiger partial charge in [0, 0.05) is 12.8 Å². The molecule has 0 aromatic carbocycles. The van der Waals surface area contributed by atoms with E-state index in [-0.39, 0.29) is 18.5 Å². The second kappa shape index (κ2) is 56.9. The molecular formula is C61H117NO5. The summed E-state index contributed by atoms with van der Waals surface area (Å²) in [5.41, 5.74) is 0. The van der Waals surface area contributed by atoms with Gasteiger partial charge < -0.3 is 20.3 Å². The molecular weight excluding hydrogens is 827 g/mol. The van der Waals surface area contributed by atoms with Crippen molar-refractivity contribution in [3.05, 3.63) is 24.3 Å². The summed E-state index contributed by atoms with van der Waals surface area (Å²) in [5.74, 6) is -0.0695. The number of esters is 1. The quantitative estimate of drug-likeness (QED) is 0.0321. The Bertz CT molecular complexity index is 1040. The topological polar surface area (TPSA) is 95.9 Å². The van der Waals surface area contributed by atoms with Crippen molar-refractivity contribution in [3.63, 3.8) is 0 Å². The molecule has 2 unspecified atom stereocenters. The summed E-state index contributed by atoms with van der Waals surface area (Å²) in [7, 11) is 0. The first kappa shape index (κ1) is 65.3. The molecule has 396 valence electrons. The number of ether oxygens (including phenoxy) is 1. The van der Waals surface area contributed by atoms with Crippen molar-refractivity contribution < 1.29 is 24.5 Å². The molecule has 0 aromatic heterocycles. The normalized spacial score (nSPS) is 12.7. The number of aliphatic hydroxyl groups is 2. The molecule has 0 saturated heterocycles. The third kappa shape index (κ3) is 53.5. The van der Waals surface area contributed by atoms with Gasteiger partial charge in [-0.25, -0.2) is 0 Å². The molecule has 2 atom stereocenters. The first-order valence-corrected chi connectivity index (χ1v) is 30.1.